The quantitative estimate of drug-likeness (QED) is 0.258. The second kappa shape index (κ2) is 10.0. The zero-order valence-corrected chi connectivity index (χ0v) is 23.6. The Morgan fingerprint density at radius 2 is 1.98 bits per heavy atom. The lowest BCUT2D eigenvalue weighted by Crippen LogP contribution is -2.69. The third-order valence-corrected chi connectivity index (χ3v) is 10.0. The molecule has 0 radical (unpaired) electrons. The van der Waals surface area contributed by atoms with Crippen LogP contribution in [0.3, 0.4) is 0 Å². The van der Waals surface area contributed by atoms with E-state index in [0.29, 0.717) is 18.4 Å². The van der Waals surface area contributed by atoms with Crippen LogP contribution in [0.2, 0.25) is 0 Å². The summed E-state index contributed by atoms with van der Waals surface area (Å²) in [5, 5.41) is 23.1. The highest BCUT2D eigenvalue weighted by molar-refractivity contribution is 5.89. The van der Waals surface area contributed by atoms with Gasteiger partial charge < -0.3 is 24.7 Å². The highest BCUT2D eigenvalue weighted by Crippen LogP contribution is 2.64. The Hall–Kier alpha value is -4.09. The van der Waals surface area contributed by atoms with Gasteiger partial charge in [0.25, 0.3) is 5.69 Å². The van der Waals surface area contributed by atoms with Crippen molar-refractivity contribution in [1.29, 1.82) is 0 Å². The average Bonchev–Trinajstić information content (AvgIpc) is 2.96. The van der Waals surface area contributed by atoms with E-state index < -0.39 is 45.7 Å². The van der Waals surface area contributed by atoms with Gasteiger partial charge in [-0.05, 0) is 67.7 Å². The summed E-state index contributed by atoms with van der Waals surface area (Å²) < 4.78 is 18.5. The number of nitro benzene ring substituents is 1. The molecule has 1 aromatic carbocycles. The number of aromatic nitrogens is 1. The summed E-state index contributed by atoms with van der Waals surface area (Å²) in [6.07, 6.45) is 2.94. The zero-order valence-electron chi connectivity index (χ0n) is 23.6. The number of nitrogens with two attached hydrogens (primary N) is 1. The lowest BCUT2D eigenvalue weighted by atomic mass is 9.46. The summed E-state index contributed by atoms with van der Waals surface area (Å²) in [6.45, 7) is 5.99. The second-order valence-corrected chi connectivity index (χ2v) is 12.2. The first kappa shape index (κ1) is 28.0. The number of hydrogen-bond acceptors (Lipinski definition) is 10. The third kappa shape index (κ3) is 4.30. The standard InChI is InChI=1S/C31H33N3O8/c1-16-20-13-24(41-28(36)17-6-8-19(9-7-17)34(38)39)31(3)27(30(20,2)11-10-21(16)32)26(35)25-23(42-31)14-22(40-29(25)37)18-5-4-12-33-15-18/h4-9,12,14-16,20-21,24,26-27,35H,10-11,13,32H2,1-3H3. The summed E-state index contributed by atoms with van der Waals surface area (Å²) in [4.78, 5) is 41.4. The zero-order chi connectivity index (χ0) is 30.0. The second-order valence-electron chi connectivity index (χ2n) is 12.2. The molecule has 2 aliphatic carbocycles. The lowest BCUT2D eigenvalue weighted by Gasteiger charge is -2.64. The molecule has 11 heteroatoms. The SMILES string of the molecule is CC1C(N)CCC2(C)C1CC(OC(=O)c1ccc([N+](=O)[O-])cc1)C1(C)Oc3cc(-c4cccnc4)oc(=O)c3C(O)C21. The van der Waals surface area contributed by atoms with Gasteiger partial charge in [0.15, 0.2) is 0 Å². The van der Waals surface area contributed by atoms with Gasteiger partial charge in [-0.15, -0.1) is 0 Å². The fourth-order valence-electron chi connectivity index (χ4n) is 7.79. The molecular formula is C31H33N3O8. The number of benzene rings is 1. The third-order valence-electron chi connectivity index (χ3n) is 10.0. The number of aliphatic hydroxyl groups excluding tert-OH is 1. The van der Waals surface area contributed by atoms with E-state index in [-0.39, 0.29) is 46.2 Å². The van der Waals surface area contributed by atoms with E-state index in [2.05, 4.69) is 18.8 Å². The van der Waals surface area contributed by atoms with Gasteiger partial charge in [-0.2, -0.15) is 0 Å². The first-order valence-electron chi connectivity index (χ1n) is 14.1. The number of fused-ring (bicyclic) bond motifs is 4. The molecule has 42 heavy (non-hydrogen) atoms. The number of pyridine rings is 1. The molecule has 2 fully saturated rings. The number of esters is 1. The number of nitro groups is 1. The average molecular weight is 576 g/mol. The van der Waals surface area contributed by atoms with Gasteiger partial charge in [0, 0.05) is 48.1 Å². The van der Waals surface area contributed by atoms with Gasteiger partial charge in [0.05, 0.1) is 16.6 Å². The minimum Gasteiger partial charge on any atom is -0.482 e. The topological polar surface area (TPSA) is 168 Å². The molecule has 3 aromatic rings. The van der Waals surface area contributed by atoms with Crippen molar-refractivity contribution in [2.24, 2.45) is 28.9 Å². The number of nitrogens with zero attached hydrogens (tertiary/aromatic N) is 2. The van der Waals surface area contributed by atoms with Crippen LogP contribution in [-0.4, -0.2) is 38.7 Å². The van der Waals surface area contributed by atoms with E-state index in [9.17, 15) is 24.8 Å². The molecule has 2 aromatic heterocycles. The molecule has 3 heterocycles. The normalized spacial score (nSPS) is 33.4. The first-order valence-corrected chi connectivity index (χ1v) is 14.1. The number of aliphatic hydroxyl groups is 1. The molecule has 8 unspecified atom stereocenters. The molecule has 2 saturated carbocycles. The maximum absolute atomic E-state index is 13.4. The summed E-state index contributed by atoms with van der Waals surface area (Å²) in [5.74, 6) is -0.901. The fraction of sp³-hybridized carbons (Fsp3) is 0.452. The minimum atomic E-state index is -1.26. The van der Waals surface area contributed by atoms with Gasteiger partial charge in [-0.3, -0.25) is 15.1 Å². The van der Waals surface area contributed by atoms with Crippen LogP contribution in [0.25, 0.3) is 11.3 Å². The summed E-state index contributed by atoms with van der Waals surface area (Å²) in [7, 11) is 0. The van der Waals surface area contributed by atoms with E-state index in [4.69, 9.17) is 19.6 Å². The summed E-state index contributed by atoms with van der Waals surface area (Å²) >= 11 is 0. The molecule has 3 aliphatic rings. The molecule has 1 aliphatic heterocycles. The van der Waals surface area contributed by atoms with Gasteiger partial charge in [-0.1, -0.05) is 13.8 Å². The summed E-state index contributed by atoms with van der Waals surface area (Å²) in [6, 6.07) is 10.2. The number of ether oxygens (including phenoxy) is 2. The van der Waals surface area contributed by atoms with Gasteiger partial charge >= 0.3 is 11.6 Å². The van der Waals surface area contributed by atoms with Crippen molar-refractivity contribution in [3.8, 4) is 17.1 Å². The largest absolute Gasteiger partial charge is 0.482 e. The van der Waals surface area contributed by atoms with Crippen LogP contribution < -0.4 is 16.1 Å². The van der Waals surface area contributed by atoms with Crippen LogP contribution >= 0.6 is 0 Å². The van der Waals surface area contributed by atoms with Crippen molar-refractivity contribution in [3.05, 3.63) is 86.5 Å². The smallest absolute Gasteiger partial charge is 0.345 e. The van der Waals surface area contributed by atoms with Gasteiger partial charge in [-0.25, -0.2) is 9.59 Å². The highest BCUT2D eigenvalue weighted by Gasteiger charge is 2.67. The predicted octanol–water partition coefficient (Wildman–Crippen LogP) is 4.42. The monoisotopic (exact) mass is 575 g/mol. The number of non-ortho nitro benzene ring substituents is 1. The number of rotatable bonds is 4. The van der Waals surface area contributed by atoms with E-state index >= 15 is 0 Å². The van der Waals surface area contributed by atoms with Crippen molar-refractivity contribution >= 4 is 11.7 Å². The van der Waals surface area contributed by atoms with E-state index in [0.717, 1.165) is 6.42 Å². The molecule has 3 N–H and O–H groups in total. The minimum absolute atomic E-state index is 0.0370. The number of carbonyl (C=O) groups is 1. The molecule has 0 amide bonds. The highest BCUT2D eigenvalue weighted by atomic mass is 16.6. The van der Waals surface area contributed by atoms with Crippen LogP contribution in [-0.2, 0) is 4.74 Å². The van der Waals surface area contributed by atoms with Crippen LogP contribution in [0.1, 0.15) is 62.1 Å². The molecule has 220 valence electrons. The van der Waals surface area contributed by atoms with Crippen molar-refractivity contribution in [2.75, 3.05) is 0 Å². The fourth-order valence-corrected chi connectivity index (χ4v) is 7.79. The molecular weight excluding hydrogens is 542 g/mol. The van der Waals surface area contributed by atoms with Gasteiger partial charge in [0.1, 0.15) is 28.8 Å². The number of carbonyl (C=O) groups excluding carboxylic acids is 1. The van der Waals surface area contributed by atoms with Crippen LogP contribution in [0, 0.1) is 33.3 Å². The molecule has 0 saturated heterocycles. The molecule has 0 bridgehead atoms. The van der Waals surface area contributed by atoms with Crippen molar-refractivity contribution < 1.29 is 28.7 Å². The van der Waals surface area contributed by atoms with Gasteiger partial charge in [0.2, 0.25) is 0 Å². The van der Waals surface area contributed by atoms with Crippen LogP contribution in [0.4, 0.5) is 5.69 Å². The maximum atomic E-state index is 13.4. The molecule has 8 atom stereocenters. The number of hydrogen-bond donors (Lipinski definition) is 2. The predicted molar refractivity (Wildman–Crippen MR) is 151 cm³/mol. The van der Waals surface area contributed by atoms with Crippen LogP contribution in [0.5, 0.6) is 5.75 Å². The first-order chi connectivity index (χ1) is 19.9. The lowest BCUT2D eigenvalue weighted by molar-refractivity contribution is -0.384. The van der Waals surface area contributed by atoms with E-state index in [1.165, 1.54) is 24.3 Å². The Morgan fingerprint density at radius 1 is 1.24 bits per heavy atom. The van der Waals surface area contributed by atoms with Crippen molar-refractivity contribution in [2.45, 2.75) is 63.9 Å². The summed E-state index contributed by atoms with van der Waals surface area (Å²) in [5.41, 5.74) is 4.69. The van der Waals surface area contributed by atoms with E-state index in [1.54, 1.807) is 30.6 Å². The van der Waals surface area contributed by atoms with Crippen LogP contribution in [0.15, 0.2) is 64.1 Å². The Balaban J connectivity index is 1.44. The maximum Gasteiger partial charge on any atom is 0.345 e. The molecule has 11 nitrogen and oxygen atoms in total. The van der Waals surface area contributed by atoms with E-state index in [1.807, 2.05) is 6.92 Å². The Kier molecular flexibility index (Phi) is 6.69. The Labute approximate surface area is 241 Å². The Morgan fingerprint density at radius 3 is 2.64 bits per heavy atom. The molecule has 6 rings (SSSR count). The molecule has 0 spiro atoms. The van der Waals surface area contributed by atoms with Crippen molar-refractivity contribution in [1.82, 2.24) is 4.98 Å². The Bertz CT molecular complexity index is 1590. The van der Waals surface area contributed by atoms with Crippen molar-refractivity contribution in [3.63, 3.8) is 0 Å².